The van der Waals surface area contributed by atoms with Gasteiger partial charge in [-0.15, -0.1) is 0 Å². The van der Waals surface area contributed by atoms with E-state index in [9.17, 15) is 4.21 Å². The zero-order chi connectivity index (χ0) is 11.1. The van der Waals surface area contributed by atoms with Gasteiger partial charge in [0.2, 0.25) is 0 Å². The summed E-state index contributed by atoms with van der Waals surface area (Å²) in [4.78, 5) is 0.880. The summed E-state index contributed by atoms with van der Waals surface area (Å²) in [7, 11) is -0.864. The number of rotatable bonds is 6. The molecule has 0 amide bonds. The first-order valence-electron chi connectivity index (χ1n) is 5.05. The molecule has 2 N–H and O–H groups in total. The summed E-state index contributed by atoms with van der Waals surface area (Å²) in [5.41, 5.74) is 6.28. The molecule has 1 aromatic carbocycles. The van der Waals surface area contributed by atoms with E-state index in [0.717, 1.165) is 34.3 Å². The van der Waals surface area contributed by atoms with Gasteiger partial charge in [0, 0.05) is 16.3 Å². The monoisotopic (exact) mass is 243 g/mol. The molecule has 0 aliphatic rings. The van der Waals surface area contributed by atoms with Gasteiger partial charge in [-0.25, -0.2) is 0 Å². The number of thioether (sulfide) groups is 1. The fourth-order valence-corrected chi connectivity index (χ4v) is 3.08. The Kier molecular flexibility index (Phi) is 5.79. The third-order valence-corrected chi connectivity index (χ3v) is 4.41. The van der Waals surface area contributed by atoms with E-state index in [4.69, 9.17) is 5.73 Å². The minimum absolute atomic E-state index is 0.720. The number of benzene rings is 1. The molecule has 1 rings (SSSR count). The summed E-state index contributed by atoms with van der Waals surface area (Å²) in [6, 6.07) is 7.29. The molecule has 4 heteroatoms. The van der Waals surface area contributed by atoms with E-state index in [1.54, 1.807) is 12.1 Å². The van der Waals surface area contributed by atoms with E-state index in [0.29, 0.717) is 0 Å². The van der Waals surface area contributed by atoms with Crippen molar-refractivity contribution in [3.8, 4) is 0 Å². The maximum atomic E-state index is 11.8. The lowest BCUT2D eigenvalue weighted by Gasteiger charge is -2.02. The SMILES string of the molecule is CCSCCCS(=O)c1ccc(N)cc1. The van der Waals surface area contributed by atoms with Crippen molar-refractivity contribution in [3.63, 3.8) is 0 Å². The van der Waals surface area contributed by atoms with Crippen LogP contribution in [0.15, 0.2) is 29.2 Å². The molecule has 15 heavy (non-hydrogen) atoms. The molecule has 0 bridgehead atoms. The van der Waals surface area contributed by atoms with Crippen LogP contribution in [0.25, 0.3) is 0 Å². The molecule has 84 valence electrons. The quantitative estimate of drug-likeness (QED) is 0.617. The van der Waals surface area contributed by atoms with Crippen molar-refractivity contribution < 1.29 is 4.21 Å². The molecule has 0 aromatic heterocycles. The van der Waals surface area contributed by atoms with Gasteiger partial charge in [-0.1, -0.05) is 6.92 Å². The zero-order valence-corrected chi connectivity index (χ0v) is 10.6. The van der Waals surface area contributed by atoms with Crippen molar-refractivity contribution in [2.24, 2.45) is 0 Å². The van der Waals surface area contributed by atoms with Crippen LogP contribution in [-0.2, 0) is 10.8 Å². The first-order valence-corrected chi connectivity index (χ1v) is 7.53. The maximum Gasteiger partial charge on any atom is 0.0529 e. The Morgan fingerprint density at radius 3 is 2.60 bits per heavy atom. The van der Waals surface area contributed by atoms with Crippen LogP contribution in [0.2, 0.25) is 0 Å². The van der Waals surface area contributed by atoms with Crippen molar-refractivity contribution in [1.82, 2.24) is 0 Å². The lowest BCUT2D eigenvalue weighted by atomic mass is 10.3. The van der Waals surface area contributed by atoms with Crippen LogP contribution in [0, 0.1) is 0 Å². The highest BCUT2D eigenvalue weighted by Gasteiger charge is 2.02. The molecule has 1 atom stereocenters. The standard InChI is InChI=1S/C11H17NOS2/c1-2-14-8-3-9-15(13)11-6-4-10(12)5-7-11/h4-7H,2-3,8-9,12H2,1H3. The van der Waals surface area contributed by atoms with Crippen molar-refractivity contribution in [2.75, 3.05) is 23.0 Å². The Balaban J connectivity index is 2.37. The summed E-state index contributed by atoms with van der Waals surface area (Å²) >= 11 is 1.89. The van der Waals surface area contributed by atoms with Gasteiger partial charge in [-0.2, -0.15) is 11.8 Å². The number of hydrogen-bond acceptors (Lipinski definition) is 3. The molecule has 0 saturated heterocycles. The van der Waals surface area contributed by atoms with Gasteiger partial charge in [0.25, 0.3) is 0 Å². The number of nitrogen functional groups attached to an aromatic ring is 1. The van der Waals surface area contributed by atoms with Crippen molar-refractivity contribution >= 4 is 28.2 Å². The Bertz CT molecular complexity index is 311. The highest BCUT2D eigenvalue weighted by atomic mass is 32.2. The summed E-state index contributed by atoms with van der Waals surface area (Å²) in [5.74, 6) is 2.97. The van der Waals surface area contributed by atoms with E-state index in [1.807, 2.05) is 23.9 Å². The van der Waals surface area contributed by atoms with Gasteiger partial charge in [0.15, 0.2) is 0 Å². The van der Waals surface area contributed by atoms with Gasteiger partial charge >= 0.3 is 0 Å². The van der Waals surface area contributed by atoms with E-state index in [-0.39, 0.29) is 0 Å². The normalized spacial score (nSPS) is 12.6. The zero-order valence-electron chi connectivity index (χ0n) is 8.94. The van der Waals surface area contributed by atoms with Crippen molar-refractivity contribution in [2.45, 2.75) is 18.2 Å². The largest absolute Gasteiger partial charge is 0.399 e. The molecular weight excluding hydrogens is 226 g/mol. The molecule has 2 nitrogen and oxygen atoms in total. The van der Waals surface area contributed by atoms with Crippen LogP contribution in [-0.4, -0.2) is 21.5 Å². The second-order valence-electron chi connectivity index (χ2n) is 3.17. The minimum Gasteiger partial charge on any atom is -0.399 e. The summed E-state index contributed by atoms with van der Waals surface area (Å²) < 4.78 is 11.8. The van der Waals surface area contributed by atoms with Crippen LogP contribution in [0.4, 0.5) is 5.69 Å². The molecule has 0 heterocycles. The fraction of sp³-hybridized carbons (Fsp3) is 0.455. The van der Waals surface area contributed by atoms with Gasteiger partial charge in [0.1, 0.15) is 0 Å². The maximum absolute atomic E-state index is 11.8. The van der Waals surface area contributed by atoms with Gasteiger partial charge in [-0.3, -0.25) is 4.21 Å². The van der Waals surface area contributed by atoms with Crippen LogP contribution in [0.1, 0.15) is 13.3 Å². The van der Waals surface area contributed by atoms with E-state index in [2.05, 4.69) is 6.92 Å². The number of hydrogen-bond donors (Lipinski definition) is 1. The highest BCUT2D eigenvalue weighted by molar-refractivity contribution is 7.99. The van der Waals surface area contributed by atoms with Crippen LogP contribution in [0.3, 0.4) is 0 Å². The van der Waals surface area contributed by atoms with E-state index >= 15 is 0 Å². The Morgan fingerprint density at radius 1 is 1.33 bits per heavy atom. The summed E-state index contributed by atoms with van der Waals surface area (Å²) in [6.45, 7) is 2.14. The molecule has 1 aromatic rings. The molecule has 0 fully saturated rings. The fourth-order valence-electron chi connectivity index (χ4n) is 1.17. The van der Waals surface area contributed by atoms with Crippen LogP contribution >= 0.6 is 11.8 Å². The Labute approximate surface area is 98.1 Å². The predicted molar refractivity (Wildman–Crippen MR) is 69.7 cm³/mol. The third kappa shape index (κ3) is 4.71. The lowest BCUT2D eigenvalue weighted by molar-refractivity contribution is 0.682. The third-order valence-electron chi connectivity index (χ3n) is 1.97. The van der Waals surface area contributed by atoms with Gasteiger partial charge < -0.3 is 5.73 Å². The van der Waals surface area contributed by atoms with Crippen LogP contribution in [0.5, 0.6) is 0 Å². The predicted octanol–water partition coefficient (Wildman–Crippen LogP) is 2.52. The first-order chi connectivity index (χ1) is 7.24. The van der Waals surface area contributed by atoms with E-state index < -0.39 is 10.8 Å². The Morgan fingerprint density at radius 2 is 2.00 bits per heavy atom. The molecule has 0 radical (unpaired) electrons. The smallest absolute Gasteiger partial charge is 0.0529 e. The van der Waals surface area contributed by atoms with Gasteiger partial charge in [-0.05, 0) is 42.2 Å². The molecule has 0 aliphatic heterocycles. The Hall–Kier alpha value is -0.480. The summed E-state index contributed by atoms with van der Waals surface area (Å²) in [6.07, 6.45) is 1.01. The van der Waals surface area contributed by atoms with Gasteiger partial charge in [0.05, 0.1) is 10.8 Å². The molecule has 0 saturated carbocycles. The first kappa shape index (κ1) is 12.6. The lowest BCUT2D eigenvalue weighted by Crippen LogP contribution is -1.99. The summed E-state index contributed by atoms with van der Waals surface area (Å²) in [5, 5.41) is 0. The van der Waals surface area contributed by atoms with Crippen molar-refractivity contribution in [1.29, 1.82) is 0 Å². The topological polar surface area (TPSA) is 43.1 Å². The average molecular weight is 243 g/mol. The molecule has 0 spiro atoms. The number of anilines is 1. The second kappa shape index (κ2) is 6.90. The second-order valence-corrected chi connectivity index (χ2v) is 6.13. The average Bonchev–Trinajstić information content (AvgIpc) is 2.25. The number of nitrogens with two attached hydrogens (primary N) is 1. The highest BCUT2D eigenvalue weighted by Crippen LogP contribution is 2.11. The van der Waals surface area contributed by atoms with Crippen molar-refractivity contribution in [3.05, 3.63) is 24.3 Å². The van der Waals surface area contributed by atoms with Crippen LogP contribution < -0.4 is 5.73 Å². The molecule has 1 unspecified atom stereocenters. The minimum atomic E-state index is -0.864. The molecular formula is C11H17NOS2. The van der Waals surface area contributed by atoms with E-state index in [1.165, 1.54) is 0 Å². The molecule has 0 aliphatic carbocycles.